The van der Waals surface area contributed by atoms with Gasteiger partial charge in [0.15, 0.2) is 0 Å². The van der Waals surface area contributed by atoms with Gasteiger partial charge in [0.2, 0.25) is 0 Å². The molecule has 80 valence electrons. The molecule has 2 saturated carbocycles. The monoisotopic (exact) mass is 228 g/mol. The maximum absolute atomic E-state index is 2.57. The zero-order valence-electron chi connectivity index (χ0n) is 9.43. The van der Waals surface area contributed by atoms with E-state index in [2.05, 4.69) is 44.3 Å². The summed E-state index contributed by atoms with van der Waals surface area (Å²) >= 11 is 4.56. The Bertz CT molecular complexity index is 265. The quantitative estimate of drug-likeness (QED) is 0.614. The van der Waals surface area contributed by atoms with Crippen molar-refractivity contribution in [2.75, 3.05) is 11.5 Å². The first-order valence-corrected chi connectivity index (χ1v) is 7.77. The summed E-state index contributed by atoms with van der Waals surface area (Å²) in [5.41, 5.74) is 1.20. The average Bonchev–Trinajstić information content (AvgIpc) is 2.70. The molecule has 2 atom stereocenters. The molecular weight excluding hydrogens is 208 g/mol. The molecule has 1 aliphatic heterocycles. The van der Waals surface area contributed by atoms with Crippen molar-refractivity contribution < 1.29 is 0 Å². The number of fused-ring (bicyclic) bond motifs is 3. The maximum atomic E-state index is 2.57. The van der Waals surface area contributed by atoms with Crippen LogP contribution in [0.1, 0.15) is 40.0 Å². The first-order valence-electron chi connectivity index (χ1n) is 5.80. The first kappa shape index (κ1) is 9.89. The fraction of sp³-hybridized carbons (Fsp3) is 1.00. The van der Waals surface area contributed by atoms with E-state index in [-0.39, 0.29) is 0 Å². The molecule has 3 fully saturated rings. The highest BCUT2D eigenvalue weighted by Gasteiger charge is 2.69. The molecule has 0 aromatic rings. The Kier molecular flexibility index (Phi) is 1.90. The smallest absolute Gasteiger partial charge is 0.0672 e. The van der Waals surface area contributed by atoms with Crippen molar-refractivity contribution in [1.29, 1.82) is 0 Å². The second-order valence-corrected chi connectivity index (χ2v) is 8.99. The number of hydrogen-bond donors (Lipinski definition) is 0. The number of hydrogen-bond acceptors (Lipinski definition) is 2. The largest absolute Gasteiger partial charge is 0.143 e. The van der Waals surface area contributed by atoms with E-state index in [9.17, 15) is 0 Å². The van der Waals surface area contributed by atoms with Gasteiger partial charge in [-0.2, -0.15) is 0 Å². The third-order valence-electron chi connectivity index (χ3n) is 5.55. The molecule has 2 bridgehead atoms. The van der Waals surface area contributed by atoms with Gasteiger partial charge in [-0.15, -0.1) is 23.5 Å². The van der Waals surface area contributed by atoms with Gasteiger partial charge in [0.25, 0.3) is 0 Å². The Balaban J connectivity index is 2.06. The van der Waals surface area contributed by atoms with E-state index in [0.29, 0.717) is 14.9 Å². The lowest BCUT2D eigenvalue weighted by atomic mass is 9.70. The summed E-state index contributed by atoms with van der Waals surface area (Å²) in [6, 6.07) is 0. The van der Waals surface area contributed by atoms with Gasteiger partial charge in [0.05, 0.1) is 4.08 Å². The maximum Gasteiger partial charge on any atom is 0.0672 e. The van der Waals surface area contributed by atoms with Crippen molar-refractivity contribution in [1.82, 2.24) is 0 Å². The average molecular weight is 228 g/mol. The minimum absolute atomic E-state index is 0.595. The standard InChI is InChI=1S/C12H20S2/c1-10(2)9-4-5-11(10,3)12(8-9)13-6-7-14-12/h9H,4-8H2,1-3H3. The van der Waals surface area contributed by atoms with E-state index in [1.54, 1.807) is 0 Å². The van der Waals surface area contributed by atoms with Crippen molar-refractivity contribution in [3.8, 4) is 0 Å². The molecule has 0 N–H and O–H groups in total. The van der Waals surface area contributed by atoms with Gasteiger partial charge in [-0.3, -0.25) is 0 Å². The highest BCUT2D eigenvalue weighted by molar-refractivity contribution is 8.21. The summed E-state index contributed by atoms with van der Waals surface area (Å²) in [5.74, 6) is 3.79. The lowest BCUT2D eigenvalue weighted by molar-refractivity contribution is 0.149. The van der Waals surface area contributed by atoms with Crippen LogP contribution in [0.3, 0.4) is 0 Å². The molecule has 2 heteroatoms. The molecule has 2 aliphatic carbocycles. The molecular formula is C12H20S2. The van der Waals surface area contributed by atoms with Gasteiger partial charge in [0.1, 0.15) is 0 Å². The van der Waals surface area contributed by atoms with Crippen LogP contribution in [0.15, 0.2) is 0 Å². The van der Waals surface area contributed by atoms with E-state index in [1.165, 1.54) is 30.8 Å². The summed E-state index contributed by atoms with van der Waals surface area (Å²) < 4.78 is 0.611. The Morgan fingerprint density at radius 2 is 1.71 bits per heavy atom. The molecule has 1 heterocycles. The third kappa shape index (κ3) is 0.870. The fourth-order valence-electron chi connectivity index (χ4n) is 4.08. The Hall–Kier alpha value is 0.700. The molecule has 14 heavy (non-hydrogen) atoms. The van der Waals surface area contributed by atoms with Crippen LogP contribution in [0.5, 0.6) is 0 Å². The van der Waals surface area contributed by atoms with Crippen molar-refractivity contribution in [2.45, 2.75) is 44.1 Å². The van der Waals surface area contributed by atoms with Gasteiger partial charge in [0, 0.05) is 11.5 Å². The highest BCUT2D eigenvalue weighted by Crippen LogP contribution is 2.77. The lowest BCUT2D eigenvalue weighted by Gasteiger charge is -2.45. The first-order chi connectivity index (χ1) is 6.52. The number of rotatable bonds is 0. The van der Waals surface area contributed by atoms with Crippen molar-refractivity contribution in [3.05, 3.63) is 0 Å². The molecule has 1 spiro atoms. The van der Waals surface area contributed by atoms with Gasteiger partial charge >= 0.3 is 0 Å². The van der Waals surface area contributed by atoms with E-state index in [4.69, 9.17) is 0 Å². The van der Waals surface area contributed by atoms with E-state index in [0.717, 1.165) is 5.92 Å². The summed E-state index contributed by atoms with van der Waals surface area (Å²) in [4.78, 5) is 0. The molecule has 1 saturated heterocycles. The second-order valence-electron chi connectivity index (χ2n) is 5.94. The summed E-state index contributed by atoms with van der Waals surface area (Å²) in [6.45, 7) is 7.63. The summed E-state index contributed by atoms with van der Waals surface area (Å²) in [6.07, 6.45) is 4.46. The van der Waals surface area contributed by atoms with Gasteiger partial charge in [-0.1, -0.05) is 20.8 Å². The SMILES string of the molecule is CC1(C)C2CCC1(C)C1(C2)SCCS1. The van der Waals surface area contributed by atoms with Gasteiger partial charge < -0.3 is 0 Å². The molecule has 3 aliphatic rings. The fourth-order valence-corrected chi connectivity index (χ4v) is 8.24. The van der Waals surface area contributed by atoms with Crippen LogP contribution < -0.4 is 0 Å². The lowest BCUT2D eigenvalue weighted by Crippen LogP contribution is -2.40. The predicted molar refractivity (Wildman–Crippen MR) is 66.9 cm³/mol. The Labute approximate surface area is 96.0 Å². The zero-order chi connectivity index (χ0) is 10.0. The molecule has 0 amide bonds. The van der Waals surface area contributed by atoms with E-state index in [1.807, 2.05) is 0 Å². The van der Waals surface area contributed by atoms with Crippen LogP contribution in [-0.2, 0) is 0 Å². The second kappa shape index (κ2) is 2.68. The van der Waals surface area contributed by atoms with Crippen LogP contribution in [0.4, 0.5) is 0 Å². The van der Waals surface area contributed by atoms with Crippen LogP contribution in [-0.4, -0.2) is 15.6 Å². The van der Waals surface area contributed by atoms with Crippen LogP contribution >= 0.6 is 23.5 Å². The topological polar surface area (TPSA) is 0 Å². The van der Waals surface area contributed by atoms with Crippen molar-refractivity contribution >= 4 is 23.5 Å². The molecule has 0 radical (unpaired) electrons. The third-order valence-corrected chi connectivity index (χ3v) is 9.49. The van der Waals surface area contributed by atoms with E-state index < -0.39 is 0 Å². The minimum atomic E-state index is 0.595. The molecule has 0 aromatic heterocycles. The summed E-state index contributed by atoms with van der Waals surface area (Å²) in [5, 5.41) is 0. The predicted octanol–water partition coefficient (Wildman–Crippen LogP) is 4.01. The Morgan fingerprint density at radius 1 is 1.07 bits per heavy atom. The van der Waals surface area contributed by atoms with E-state index >= 15 is 0 Å². The normalized spacial score (nSPS) is 47.8. The van der Waals surface area contributed by atoms with Crippen LogP contribution in [0.2, 0.25) is 0 Å². The van der Waals surface area contributed by atoms with Crippen molar-refractivity contribution in [2.24, 2.45) is 16.7 Å². The summed E-state index contributed by atoms with van der Waals surface area (Å²) in [7, 11) is 0. The van der Waals surface area contributed by atoms with Crippen LogP contribution in [0.25, 0.3) is 0 Å². The zero-order valence-corrected chi connectivity index (χ0v) is 11.1. The van der Waals surface area contributed by atoms with Crippen LogP contribution in [0, 0.1) is 16.7 Å². The van der Waals surface area contributed by atoms with Gasteiger partial charge in [-0.05, 0) is 36.0 Å². The highest BCUT2D eigenvalue weighted by atomic mass is 32.2. The molecule has 0 aromatic carbocycles. The number of thioether (sulfide) groups is 2. The van der Waals surface area contributed by atoms with Crippen molar-refractivity contribution in [3.63, 3.8) is 0 Å². The Morgan fingerprint density at radius 3 is 2.14 bits per heavy atom. The molecule has 2 unspecified atom stereocenters. The molecule has 0 nitrogen and oxygen atoms in total. The minimum Gasteiger partial charge on any atom is -0.143 e. The molecule has 3 rings (SSSR count). The van der Waals surface area contributed by atoms with Gasteiger partial charge in [-0.25, -0.2) is 0 Å².